The molecule has 0 bridgehead atoms. The molecular formula is C17H22ClNO2. The van der Waals surface area contributed by atoms with E-state index in [1.54, 1.807) is 24.3 Å². The van der Waals surface area contributed by atoms with Crippen molar-refractivity contribution in [1.82, 2.24) is 4.90 Å². The van der Waals surface area contributed by atoms with Crippen LogP contribution in [0.15, 0.2) is 24.3 Å². The van der Waals surface area contributed by atoms with Crippen LogP contribution in [-0.2, 0) is 4.79 Å². The van der Waals surface area contributed by atoms with Crippen molar-refractivity contribution in [3.63, 3.8) is 0 Å². The van der Waals surface area contributed by atoms with E-state index in [1.165, 1.54) is 25.7 Å². The zero-order valence-electron chi connectivity index (χ0n) is 12.3. The van der Waals surface area contributed by atoms with E-state index in [0.29, 0.717) is 22.7 Å². The van der Waals surface area contributed by atoms with Gasteiger partial charge in [-0.15, -0.1) is 0 Å². The number of carbonyl (C=O) groups excluding carboxylic acids is 1. The Balaban J connectivity index is 1.57. The van der Waals surface area contributed by atoms with E-state index in [9.17, 15) is 4.79 Å². The fourth-order valence-corrected chi connectivity index (χ4v) is 3.82. The Morgan fingerprint density at radius 2 is 1.86 bits per heavy atom. The molecule has 2 aliphatic rings. The zero-order chi connectivity index (χ0) is 14.7. The summed E-state index contributed by atoms with van der Waals surface area (Å²) in [6.45, 7) is 1.02. The maximum Gasteiger partial charge on any atom is 0.260 e. The van der Waals surface area contributed by atoms with Crippen LogP contribution >= 0.6 is 11.6 Å². The van der Waals surface area contributed by atoms with Gasteiger partial charge in [0.2, 0.25) is 0 Å². The summed E-state index contributed by atoms with van der Waals surface area (Å²) in [6, 6.07) is 7.61. The second-order valence-electron chi connectivity index (χ2n) is 6.08. The summed E-state index contributed by atoms with van der Waals surface area (Å²) < 4.78 is 5.61. The van der Waals surface area contributed by atoms with Gasteiger partial charge in [0.15, 0.2) is 6.61 Å². The van der Waals surface area contributed by atoms with Crippen LogP contribution in [0.1, 0.15) is 38.5 Å². The molecule has 1 saturated carbocycles. The Morgan fingerprint density at radius 1 is 1.14 bits per heavy atom. The highest BCUT2D eigenvalue weighted by Gasteiger charge is 2.35. The number of hydrogen-bond acceptors (Lipinski definition) is 2. The van der Waals surface area contributed by atoms with Crippen molar-refractivity contribution < 1.29 is 9.53 Å². The number of fused-ring (bicyclic) bond motifs is 1. The first-order valence-electron chi connectivity index (χ1n) is 7.92. The normalized spacial score (nSPS) is 25.3. The van der Waals surface area contributed by atoms with Crippen LogP contribution in [0.5, 0.6) is 5.75 Å². The second-order valence-corrected chi connectivity index (χ2v) is 6.52. The monoisotopic (exact) mass is 307 g/mol. The van der Waals surface area contributed by atoms with Crippen molar-refractivity contribution in [2.45, 2.75) is 44.6 Å². The van der Waals surface area contributed by atoms with Gasteiger partial charge in [-0.05, 0) is 55.9 Å². The van der Waals surface area contributed by atoms with Crippen LogP contribution in [0.4, 0.5) is 0 Å². The van der Waals surface area contributed by atoms with E-state index >= 15 is 0 Å². The van der Waals surface area contributed by atoms with Gasteiger partial charge in [-0.3, -0.25) is 4.79 Å². The number of halogens is 1. The van der Waals surface area contributed by atoms with Gasteiger partial charge in [0.25, 0.3) is 5.91 Å². The van der Waals surface area contributed by atoms with E-state index in [-0.39, 0.29) is 12.5 Å². The van der Waals surface area contributed by atoms with Gasteiger partial charge in [-0.1, -0.05) is 24.4 Å². The first-order valence-corrected chi connectivity index (χ1v) is 8.29. The molecule has 0 aromatic heterocycles. The number of carbonyl (C=O) groups is 1. The average Bonchev–Trinajstić information content (AvgIpc) is 2.53. The van der Waals surface area contributed by atoms with E-state index in [4.69, 9.17) is 16.3 Å². The summed E-state index contributed by atoms with van der Waals surface area (Å²) >= 11 is 5.84. The minimum Gasteiger partial charge on any atom is -0.484 e. The number of amides is 1. The molecule has 2 atom stereocenters. The summed E-state index contributed by atoms with van der Waals surface area (Å²) in [7, 11) is 0. The molecule has 114 valence electrons. The summed E-state index contributed by atoms with van der Waals surface area (Å²) in [5, 5.41) is 0.676. The van der Waals surface area contributed by atoms with E-state index in [0.717, 1.165) is 19.4 Å². The van der Waals surface area contributed by atoms with Gasteiger partial charge in [0, 0.05) is 17.6 Å². The lowest BCUT2D eigenvalue weighted by molar-refractivity contribution is -0.139. The molecule has 3 nitrogen and oxygen atoms in total. The second kappa shape index (κ2) is 6.69. The Kier molecular flexibility index (Phi) is 4.69. The Morgan fingerprint density at radius 3 is 2.67 bits per heavy atom. The van der Waals surface area contributed by atoms with Crippen molar-refractivity contribution in [3.8, 4) is 5.75 Å². The number of benzene rings is 1. The summed E-state index contributed by atoms with van der Waals surface area (Å²) in [5.41, 5.74) is 0. The van der Waals surface area contributed by atoms with Crippen molar-refractivity contribution in [2.24, 2.45) is 5.92 Å². The fraction of sp³-hybridized carbons (Fsp3) is 0.588. The summed E-state index contributed by atoms with van der Waals surface area (Å²) in [5.74, 6) is 1.54. The Labute approximate surface area is 131 Å². The molecular weight excluding hydrogens is 286 g/mol. The molecule has 1 saturated heterocycles. The third-order valence-electron chi connectivity index (χ3n) is 4.74. The number of rotatable bonds is 3. The highest BCUT2D eigenvalue weighted by atomic mass is 35.5. The third kappa shape index (κ3) is 3.52. The molecule has 1 amide bonds. The number of likely N-dealkylation sites (tertiary alicyclic amines) is 1. The van der Waals surface area contributed by atoms with Gasteiger partial charge < -0.3 is 9.64 Å². The van der Waals surface area contributed by atoms with E-state index in [2.05, 4.69) is 4.90 Å². The predicted octanol–water partition coefficient (Wildman–Crippen LogP) is 3.90. The highest BCUT2D eigenvalue weighted by molar-refractivity contribution is 6.30. The number of nitrogens with zero attached hydrogens (tertiary/aromatic N) is 1. The first kappa shape index (κ1) is 14.7. The minimum atomic E-state index is 0.126. The molecule has 4 heteroatoms. The number of piperidine rings is 1. The lowest BCUT2D eigenvalue weighted by Gasteiger charge is -2.44. The van der Waals surface area contributed by atoms with Crippen molar-refractivity contribution in [3.05, 3.63) is 29.3 Å². The Hall–Kier alpha value is -1.22. The van der Waals surface area contributed by atoms with Gasteiger partial charge in [0.05, 0.1) is 0 Å². The van der Waals surface area contributed by atoms with Crippen LogP contribution in [0.2, 0.25) is 5.02 Å². The minimum absolute atomic E-state index is 0.126. The SMILES string of the molecule is O=C(COc1ccc(Cl)cc1)N1CCCC2CCCCC21. The maximum absolute atomic E-state index is 12.5. The molecule has 0 spiro atoms. The summed E-state index contributed by atoms with van der Waals surface area (Å²) in [6.07, 6.45) is 7.44. The fourth-order valence-electron chi connectivity index (χ4n) is 3.69. The predicted molar refractivity (Wildman–Crippen MR) is 83.6 cm³/mol. The van der Waals surface area contributed by atoms with Crippen molar-refractivity contribution in [2.75, 3.05) is 13.2 Å². The molecule has 3 rings (SSSR count). The van der Waals surface area contributed by atoms with Crippen molar-refractivity contribution >= 4 is 17.5 Å². The Bertz CT molecular complexity index is 486. The molecule has 1 aromatic carbocycles. The smallest absolute Gasteiger partial charge is 0.260 e. The third-order valence-corrected chi connectivity index (χ3v) is 4.99. The van der Waals surface area contributed by atoms with E-state index < -0.39 is 0 Å². The van der Waals surface area contributed by atoms with Gasteiger partial charge in [-0.2, -0.15) is 0 Å². The zero-order valence-corrected chi connectivity index (χ0v) is 13.0. The van der Waals surface area contributed by atoms with Gasteiger partial charge in [0.1, 0.15) is 5.75 Å². The molecule has 1 aliphatic carbocycles. The molecule has 0 radical (unpaired) electrons. The molecule has 2 fully saturated rings. The molecule has 2 unspecified atom stereocenters. The maximum atomic E-state index is 12.5. The molecule has 1 aromatic rings. The standard InChI is InChI=1S/C17H22ClNO2/c18-14-7-9-15(10-8-14)21-12-17(20)19-11-3-5-13-4-1-2-6-16(13)19/h7-10,13,16H,1-6,11-12H2. The van der Waals surface area contributed by atoms with E-state index in [1.807, 2.05) is 0 Å². The highest BCUT2D eigenvalue weighted by Crippen LogP contribution is 2.35. The molecule has 21 heavy (non-hydrogen) atoms. The average molecular weight is 308 g/mol. The topological polar surface area (TPSA) is 29.5 Å². The number of ether oxygens (including phenoxy) is 1. The lowest BCUT2D eigenvalue weighted by Crippen LogP contribution is -2.51. The van der Waals surface area contributed by atoms with Crippen LogP contribution in [-0.4, -0.2) is 30.0 Å². The lowest BCUT2D eigenvalue weighted by atomic mass is 9.78. The quantitative estimate of drug-likeness (QED) is 0.847. The molecule has 1 aliphatic heterocycles. The largest absolute Gasteiger partial charge is 0.484 e. The first-order chi connectivity index (χ1) is 10.2. The van der Waals surface area contributed by atoms with Crippen LogP contribution < -0.4 is 4.74 Å². The van der Waals surface area contributed by atoms with Gasteiger partial charge in [-0.25, -0.2) is 0 Å². The molecule has 0 N–H and O–H groups in total. The van der Waals surface area contributed by atoms with Crippen LogP contribution in [0.25, 0.3) is 0 Å². The molecule has 1 heterocycles. The van der Waals surface area contributed by atoms with Gasteiger partial charge >= 0.3 is 0 Å². The van der Waals surface area contributed by atoms with Crippen LogP contribution in [0, 0.1) is 5.92 Å². The number of hydrogen-bond donors (Lipinski definition) is 0. The van der Waals surface area contributed by atoms with Crippen molar-refractivity contribution in [1.29, 1.82) is 0 Å². The summed E-state index contributed by atoms with van der Waals surface area (Å²) in [4.78, 5) is 14.5. The van der Waals surface area contributed by atoms with Crippen LogP contribution in [0.3, 0.4) is 0 Å².